The second kappa shape index (κ2) is 4.29. The molecule has 0 fully saturated rings. The monoisotopic (exact) mass is 227 g/mol. The minimum Gasteiger partial charge on any atom is -0.453 e. The molecular weight excluding hydrogens is 214 g/mol. The van der Waals surface area contributed by atoms with E-state index in [-0.39, 0.29) is 6.79 Å². The van der Waals surface area contributed by atoms with E-state index in [4.69, 9.17) is 26.8 Å². The SMILES string of the molecule is CC(CCN)c1ccc(Cl)c2c1OCO2. The predicted molar refractivity (Wildman–Crippen MR) is 59.7 cm³/mol. The van der Waals surface area contributed by atoms with Crippen molar-refractivity contribution in [3.63, 3.8) is 0 Å². The van der Waals surface area contributed by atoms with Crippen LogP contribution in [0.5, 0.6) is 11.5 Å². The maximum atomic E-state index is 5.99. The van der Waals surface area contributed by atoms with Crippen LogP contribution in [0.1, 0.15) is 24.8 Å². The summed E-state index contributed by atoms with van der Waals surface area (Å²) in [5, 5.41) is 0.603. The Bertz CT molecular complexity index is 368. The number of hydrogen-bond donors (Lipinski definition) is 1. The average molecular weight is 228 g/mol. The molecule has 1 aromatic rings. The summed E-state index contributed by atoms with van der Waals surface area (Å²) in [4.78, 5) is 0. The smallest absolute Gasteiger partial charge is 0.231 e. The normalized spacial score (nSPS) is 15.4. The van der Waals surface area contributed by atoms with Crippen LogP contribution in [0.15, 0.2) is 12.1 Å². The molecule has 0 spiro atoms. The van der Waals surface area contributed by atoms with Crippen LogP contribution in [0.25, 0.3) is 0 Å². The molecule has 0 aliphatic carbocycles. The number of fused-ring (bicyclic) bond motifs is 1. The van der Waals surface area contributed by atoms with Crippen molar-refractivity contribution in [3.8, 4) is 11.5 Å². The zero-order valence-corrected chi connectivity index (χ0v) is 9.38. The van der Waals surface area contributed by atoms with Gasteiger partial charge in [-0.2, -0.15) is 0 Å². The standard InChI is InChI=1S/C11H14ClNO2/c1-7(4-5-13)8-2-3-9(12)11-10(8)14-6-15-11/h2-3,7H,4-6,13H2,1H3. The van der Waals surface area contributed by atoms with Crippen LogP contribution < -0.4 is 15.2 Å². The average Bonchev–Trinajstić information content (AvgIpc) is 2.68. The van der Waals surface area contributed by atoms with Gasteiger partial charge in [-0.05, 0) is 24.9 Å². The molecular formula is C11H14ClNO2. The third-order valence-corrected chi connectivity index (χ3v) is 2.93. The van der Waals surface area contributed by atoms with Crippen LogP contribution in [0.2, 0.25) is 5.02 Å². The Balaban J connectivity index is 2.37. The van der Waals surface area contributed by atoms with Crippen LogP contribution in [0.4, 0.5) is 0 Å². The van der Waals surface area contributed by atoms with Crippen LogP contribution in [-0.4, -0.2) is 13.3 Å². The van der Waals surface area contributed by atoms with E-state index in [1.807, 2.05) is 12.1 Å². The van der Waals surface area contributed by atoms with Gasteiger partial charge in [0.05, 0.1) is 5.02 Å². The van der Waals surface area contributed by atoms with E-state index in [0.717, 1.165) is 17.7 Å². The lowest BCUT2D eigenvalue weighted by Crippen LogP contribution is -2.05. The Labute approximate surface area is 94.1 Å². The minimum atomic E-state index is 0.251. The summed E-state index contributed by atoms with van der Waals surface area (Å²) >= 11 is 5.99. The first-order valence-electron chi connectivity index (χ1n) is 5.02. The summed E-state index contributed by atoms with van der Waals surface area (Å²) in [5.41, 5.74) is 6.67. The highest BCUT2D eigenvalue weighted by Gasteiger charge is 2.23. The van der Waals surface area contributed by atoms with Gasteiger partial charge in [-0.25, -0.2) is 0 Å². The van der Waals surface area contributed by atoms with Crippen molar-refractivity contribution in [1.82, 2.24) is 0 Å². The molecule has 0 saturated heterocycles. The zero-order valence-electron chi connectivity index (χ0n) is 8.63. The largest absolute Gasteiger partial charge is 0.453 e. The van der Waals surface area contributed by atoms with Crippen molar-refractivity contribution in [2.75, 3.05) is 13.3 Å². The molecule has 1 aliphatic rings. The topological polar surface area (TPSA) is 44.5 Å². The molecule has 15 heavy (non-hydrogen) atoms. The predicted octanol–water partition coefficient (Wildman–Crippen LogP) is 2.52. The van der Waals surface area contributed by atoms with Gasteiger partial charge in [0.25, 0.3) is 0 Å². The Morgan fingerprint density at radius 1 is 1.40 bits per heavy atom. The molecule has 82 valence electrons. The van der Waals surface area contributed by atoms with Crippen molar-refractivity contribution in [3.05, 3.63) is 22.7 Å². The molecule has 0 radical (unpaired) electrons. The lowest BCUT2D eigenvalue weighted by Gasteiger charge is -2.13. The molecule has 1 atom stereocenters. The lowest BCUT2D eigenvalue weighted by atomic mass is 9.96. The number of rotatable bonds is 3. The van der Waals surface area contributed by atoms with Gasteiger partial charge >= 0.3 is 0 Å². The first-order valence-corrected chi connectivity index (χ1v) is 5.40. The van der Waals surface area contributed by atoms with Crippen molar-refractivity contribution in [2.24, 2.45) is 5.73 Å². The number of halogens is 1. The van der Waals surface area contributed by atoms with Crippen molar-refractivity contribution in [2.45, 2.75) is 19.3 Å². The van der Waals surface area contributed by atoms with Gasteiger partial charge in [0.15, 0.2) is 11.5 Å². The third-order valence-electron chi connectivity index (χ3n) is 2.63. The molecule has 0 aromatic heterocycles. The first kappa shape index (κ1) is 10.6. The summed E-state index contributed by atoms with van der Waals surface area (Å²) in [6.45, 7) is 3.04. The summed E-state index contributed by atoms with van der Waals surface area (Å²) in [6.07, 6.45) is 0.928. The molecule has 1 heterocycles. The molecule has 2 N–H and O–H groups in total. The number of hydrogen-bond acceptors (Lipinski definition) is 3. The van der Waals surface area contributed by atoms with E-state index in [9.17, 15) is 0 Å². The molecule has 4 heteroatoms. The van der Waals surface area contributed by atoms with Crippen LogP contribution >= 0.6 is 11.6 Å². The van der Waals surface area contributed by atoms with Gasteiger partial charge in [-0.3, -0.25) is 0 Å². The fourth-order valence-corrected chi connectivity index (χ4v) is 1.98. The van der Waals surface area contributed by atoms with Gasteiger partial charge in [-0.1, -0.05) is 24.6 Å². The van der Waals surface area contributed by atoms with E-state index in [2.05, 4.69) is 6.92 Å². The van der Waals surface area contributed by atoms with E-state index >= 15 is 0 Å². The summed E-state index contributed by atoms with van der Waals surface area (Å²) in [7, 11) is 0. The van der Waals surface area contributed by atoms with E-state index in [1.54, 1.807) is 0 Å². The zero-order chi connectivity index (χ0) is 10.8. The van der Waals surface area contributed by atoms with E-state index in [1.165, 1.54) is 0 Å². The molecule has 1 aliphatic heterocycles. The molecule has 2 rings (SSSR count). The highest BCUT2D eigenvalue weighted by atomic mass is 35.5. The fourth-order valence-electron chi connectivity index (χ4n) is 1.78. The number of benzene rings is 1. The summed E-state index contributed by atoms with van der Waals surface area (Å²) in [5.74, 6) is 1.81. The van der Waals surface area contributed by atoms with Gasteiger partial charge in [0.1, 0.15) is 0 Å². The number of nitrogens with two attached hydrogens (primary N) is 1. The van der Waals surface area contributed by atoms with Crippen molar-refractivity contribution < 1.29 is 9.47 Å². The van der Waals surface area contributed by atoms with Gasteiger partial charge in [0.2, 0.25) is 6.79 Å². The number of ether oxygens (including phenoxy) is 2. The molecule has 0 saturated carbocycles. The maximum absolute atomic E-state index is 5.99. The quantitative estimate of drug-likeness (QED) is 0.863. The van der Waals surface area contributed by atoms with Gasteiger partial charge < -0.3 is 15.2 Å². The molecule has 3 nitrogen and oxygen atoms in total. The minimum absolute atomic E-state index is 0.251. The fraction of sp³-hybridized carbons (Fsp3) is 0.455. The van der Waals surface area contributed by atoms with Gasteiger partial charge in [-0.15, -0.1) is 0 Å². The Morgan fingerprint density at radius 3 is 2.87 bits per heavy atom. The lowest BCUT2D eigenvalue weighted by molar-refractivity contribution is 0.173. The summed E-state index contributed by atoms with van der Waals surface area (Å²) in [6, 6.07) is 3.83. The van der Waals surface area contributed by atoms with E-state index in [0.29, 0.717) is 23.2 Å². The first-order chi connectivity index (χ1) is 7.24. The molecule has 0 amide bonds. The second-order valence-electron chi connectivity index (χ2n) is 3.68. The molecule has 1 unspecified atom stereocenters. The van der Waals surface area contributed by atoms with Crippen LogP contribution in [-0.2, 0) is 0 Å². The Morgan fingerprint density at radius 2 is 2.13 bits per heavy atom. The maximum Gasteiger partial charge on any atom is 0.231 e. The Hall–Kier alpha value is -0.930. The Kier molecular flexibility index (Phi) is 3.03. The van der Waals surface area contributed by atoms with Crippen molar-refractivity contribution >= 4 is 11.6 Å². The third kappa shape index (κ3) is 1.90. The highest BCUT2D eigenvalue weighted by Crippen LogP contribution is 2.44. The molecule has 0 bridgehead atoms. The second-order valence-corrected chi connectivity index (χ2v) is 4.09. The summed E-state index contributed by atoms with van der Waals surface area (Å²) < 4.78 is 10.7. The highest BCUT2D eigenvalue weighted by molar-refractivity contribution is 6.32. The van der Waals surface area contributed by atoms with Crippen molar-refractivity contribution in [1.29, 1.82) is 0 Å². The van der Waals surface area contributed by atoms with E-state index < -0.39 is 0 Å². The molecule has 1 aromatic carbocycles. The van der Waals surface area contributed by atoms with Crippen LogP contribution in [0, 0.1) is 0 Å². The van der Waals surface area contributed by atoms with Crippen LogP contribution in [0.3, 0.4) is 0 Å². The van der Waals surface area contributed by atoms with Gasteiger partial charge in [0, 0.05) is 5.56 Å².